The molecule has 0 amide bonds. The molecule has 1 aliphatic heterocycles. The fourth-order valence-corrected chi connectivity index (χ4v) is 3.83. The highest BCUT2D eigenvalue weighted by atomic mass is 32.2. The Morgan fingerprint density at radius 3 is 2.84 bits per heavy atom. The summed E-state index contributed by atoms with van der Waals surface area (Å²) in [5.41, 5.74) is 0.229. The Bertz CT molecular complexity index is 648. The number of aliphatic carboxylic acids is 1. The normalized spacial score (nSPS) is 20.1. The van der Waals surface area contributed by atoms with E-state index in [0.29, 0.717) is 12.8 Å². The Kier molecular flexibility index (Phi) is 3.55. The Hall–Kier alpha value is -1.91. The van der Waals surface area contributed by atoms with Gasteiger partial charge in [-0.1, -0.05) is 6.07 Å². The van der Waals surface area contributed by atoms with Crippen LogP contribution in [0.4, 0.5) is 0 Å². The van der Waals surface area contributed by atoms with Crippen LogP contribution >= 0.6 is 0 Å². The van der Waals surface area contributed by atoms with Crippen molar-refractivity contribution in [1.82, 2.24) is 4.31 Å². The first-order chi connectivity index (χ1) is 8.96. The lowest BCUT2D eigenvalue weighted by Gasteiger charge is -2.20. The third-order valence-electron chi connectivity index (χ3n) is 3.06. The van der Waals surface area contributed by atoms with Gasteiger partial charge in [-0.15, -0.1) is 0 Å². The lowest BCUT2D eigenvalue weighted by atomic mass is 10.2. The summed E-state index contributed by atoms with van der Waals surface area (Å²) in [6.07, 6.45) is 0.834. The molecule has 0 bridgehead atoms. The van der Waals surface area contributed by atoms with Crippen LogP contribution in [-0.2, 0) is 14.8 Å². The van der Waals surface area contributed by atoms with E-state index in [9.17, 15) is 13.2 Å². The van der Waals surface area contributed by atoms with Gasteiger partial charge >= 0.3 is 5.97 Å². The maximum Gasteiger partial charge on any atom is 0.322 e. The van der Waals surface area contributed by atoms with E-state index in [-0.39, 0.29) is 17.0 Å². The van der Waals surface area contributed by atoms with Crippen molar-refractivity contribution < 1.29 is 18.3 Å². The highest BCUT2D eigenvalue weighted by Crippen LogP contribution is 2.26. The molecular formula is C12H12N2O4S. The van der Waals surface area contributed by atoms with Crippen LogP contribution in [0.15, 0.2) is 29.2 Å². The van der Waals surface area contributed by atoms with Crippen LogP contribution < -0.4 is 0 Å². The number of carboxylic acid groups (broad SMARTS) is 1. The van der Waals surface area contributed by atoms with Gasteiger partial charge in [-0.25, -0.2) is 8.42 Å². The summed E-state index contributed by atoms with van der Waals surface area (Å²) >= 11 is 0. The summed E-state index contributed by atoms with van der Waals surface area (Å²) in [5.74, 6) is -1.14. The second kappa shape index (κ2) is 4.99. The van der Waals surface area contributed by atoms with Crippen LogP contribution in [0.25, 0.3) is 0 Å². The van der Waals surface area contributed by atoms with Gasteiger partial charge in [0.25, 0.3) is 0 Å². The summed E-state index contributed by atoms with van der Waals surface area (Å²) in [5, 5.41) is 17.8. The number of hydrogen-bond donors (Lipinski definition) is 1. The molecule has 0 aromatic heterocycles. The predicted molar refractivity (Wildman–Crippen MR) is 65.7 cm³/mol. The molecule has 1 aromatic rings. The Labute approximate surface area is 110 Å². The molecule has 7 heteroatoms. The molecule has 0 unspecified atom stereocenters. The zero-order valence-electron chi connectivity index (χ0n) is 9.98. The molecule has 6 nitrogen and oxygen atoms in total. The predicted octanol–water partition coefficient (Wildman–Crippen LogP) is 0.796. The van der Waals surface area contributed by atoms with Crippen molar-refractivity contribution in [3.05, 3.63) is 29.8 Å². The minimum Gasteiger partial charge on any atom is -0.480 e. The molecule has 0 radical (unpaired) electrons. The van der Waals surface area contributed by atoms with Gasteiger partial charge in [0.15, 0.2) is 0 Å². The average Bonchev–Trinajstić information content (AvgIpc) is 2.89. The highest BCUT2D eigenvalue weighted by molar-refractivity contribution is 7.89. The minimum absolute atomic E-state index is 0.0419. The number of carbonyl (C=O) groups is 1. The van der Waals surface area contributed by atoms with Crippen molar-refractivity contribution in [1.29, 1.82) is 5.26 Å². The molecule has 1 heterocycles. The molecule has 1 fully saturated rings. The molecule has 0 spiro atoms. The molecule has 1 N–H and O–H groups in total. The fourth-order valence-electron chi connectivity index (χ4n) is 2.14. The van der Waals surface area contributed by atoms with Gasteiger partial charge in [-0.3, -0.25) is 4.79 Å². The first kappa shape index (κ1) is 13.5. The summed E-state index contributed by atoms with van der Waals surface area (Å²) < 4.78 is 25.7. The van der Waals surface area contributed by atoms with E-state index in [1.165, 1.54) is 24.3 Å². The molecule has 0 aliphatic carbocycles. The maximum absolute atomic E-state index is 12.4. The first-order valence-corrected chi connectivity index (χ1v) is 7.15. The van der Waals surface area contributed by atoms with E-state index in [0.717, 1.165) is 4.31 Å². The Morgan fingerprint density at radius 1 is 1.47 bits per heavy atom. The van der Waals surface area contributed by atoms with Gasteiger partial charge in [0.1, 0.15) is 6.04 Å². The third-order valence-corrected chi connectivity index (χ3v) is 4.96. The van der Waals surface area contributed by atoms with Gasteiger partial charge in [0.05, 0.1) is 16.5 Å². The topological polar surface area (TPSA) is 98.5 Å². The van der Waals surface area contributed by atoms with Crippen LogP contribution in [-0.4, -0.2) is 36.4 Å². The zero-order valence-corrected chi connectivity index (χ0v) is 10.8. The summed E-state index contributed by atoms with van der Waals surface area (Å²) in [7, 11) is -3.86. The van der Waals surface area contributed by atoms with Crippen molar-refractivity contribution in [3.8, 4) is 6.07 Å². The molecule has 19 heavy (non-hydrogen) atoms. The smallest absolute Gasteiger partial charge is 0.322 e. The highest BCUT2D eigenvalue weighted by Gasteiger charge is 2.39. The monoisotopic (exact) mass is 280 g/mol. The van der Waals surface area contributed by atoms with E-state index >= 15 is 0 Å². The molecule has 1 aromatic carbocycles. The van der Waals surface area contributed by atoms with Crippen LogP contribution in [0.2, 0.25) is 0 Å². The van der Waals surface area contributed by atoms with Crippen molar-refractivity contribution in [2.24, 2.45) is 0 Å². The second-order valence-corrected chi connectivity index (χ2v) is 6.14. The van der Waals surface area contributed by atoms with Crippen molar-refractivity contribution in [3.63, 3.8) is 0 Å². The third kappa shape index (κ3) is 2.45. The molecule has 0 saturated carbocycles. The minimum atomic E-state index is -3.86. The lowest BCUT2D eigenvalue weighted by molar-refractivity contribution is -0.140. The van der Waals surface area contributed by atoms with E-state index in [4.69, 9.17) is 10.4 Å². The van der Waals surface area contributed by atoms with E-state index < -0.39 is 22.0 Å². The van der Waals surface area contributed by atoms with Crippen LogP contribution in [0, 0.1) is 11.3 Å². The van der Waals surface area contributed by atoms with Gasteiger partial charge in [0.2, 0.25) is 10.0 Å². The van der Waals surface area contributed by atoms with Gasteiger partial charge < -0.3 is 5.11 Å². The van der Waals surface area contributed by atoms with Crippen LogP contribution in [0.5, 0.6) is 0 Å². The quantitative estimate of drug-likeness (QED) is 0.882. The largest absolute Gasteiger partial charge is 0.480 e. The number of hydrogen-bond acceptors (Lipinski definition) is 4. The lowest BCUT2D eigenvalue weighted by Crippen LogP contribution is -2.40. The number of nitriles is 1. The van der Waals surface area contributed by atoms with E-state index in [1.54, 1.807) is 0 Å². The van der Waals surface area contributed by atoms with Crippen molar-refractivity contribution in [2.75, 3.05) is 6.54 Å². The Balaban J connectivity index is 2.42. The summed E-state index contributed by atoms with van der Waals surface area (Å²) in [4.78, 5) is 11.0. The fraction of sp³-hybridized carbons (Fsp3) is 0.333. The average molecular weight is 280 g/mol. The molecule has 1 saturated heterocycles. The number of sulfonamides is 1. The standard InChI is InChI=1S/C12H12N2O4S/c13-8-9-3-1-4-10(7-9)19(17,18)14-6-2-5-11(14)12(15)16/h1,3-4,7,11H,2,5-6H2,(H,15,16)/t11-/m1/s1. The second-order valence-electron chi connectivity index (χ2n) is 4.25. The molecule has 2 rings (SSSR count). The van der Waals surface area contributed by atoms with Crippen molar-refractivity contribution in [2.45, 2.75) is 23.8 Å². The maximum atomic E-state index is 12.4. The number of rotatable bonds is 3. The molecule has 100 valence electrons. The molecule has 1 atom stereocenters. The zero-order chi connectivity index (χ0) is 14.0. The molecular weight excluding hydrogens is 268 g/mol. The number of carboxylic acids is 1. The number of nitrogens with zero attached hydrogens (tertiary/aromatic N) is 2. The van der Waals surface area contributed by atoms with Gasteiger partial charge in [0, 0.05) is 6.54 Å². The van der Waals surface area contributed by atoms with Gasteiger partial charge in [-0.05, 0) is 31.0 Å². The SMILES string of the molecule is N#Cc1cccc(S(=O)(=O)N2CCC[C@@H]2C(=O)O)c1. The number of benzene rings is 1. The first-order valence-electron chi connectivity index (χ1n) is 5.71. The van der Waals surface area contributed by atoms with Crippen LogP contribution in [0.1, 0.15) is 18.4 Å². The van der Waals surface area contributed by atoms with Crippen LogP contribution in [0.3, 0.4) is 0 Å². The van der Waals surface area contributed by atoms with Gasteiger partial charge in [-0.2, -0.15) is 9.57 Å². The molecule has 1 aliphatic rings. The summed E-state index contributed by atoms with van der Waals surface area (Å²) in [6.45, 7) is 0.191. The summed E-state index contributed by atoms with van der Waals surface area (Å²) in [6, 6.07) is 6.44. The van der Waals surface area contributed by atoms with E-state index in [1.807, 2.05) is 6.07 Å². The Morgan fingerprint density at radius 2 is 2.21 bits per heavy atom. The van der Waals surface area contributed by atoms with Crippen molar-refractivity contribution >= 4 is 16.0 Å². The van der Waals surface area contributed by atoms with E-state index in [2.05, 4.69) is 0 Å².